The fraction of sp³-hybridized carbons (Fsp3) is 1.00. The van der Waals surface area contributed by atoms with Gasteiger partial charge in [0.2, 0.25) is 0 Å². The zero-order valence-electron chi connectivity index (χ0n) is 8.83. The fourth-order valence-electron chi connectivity index (χ4n) is 2.06. The molecule has 0 aromatic carbocycles. The van der Waals surface area contributed by atoms with Crippen LogP contribution >= 0.6 is 0 Å². The molecule has 1 rings (SSSR count). The van der Waals surface area contributed by atoms with Crippen molar-refractivity contribution in [3.8, 4) is 0 Å². The number of hydrogen-bond donors (Lipinski definition) is 1. The predicted octanol–water partition coefficient (Wildman–Crippen LogP) is 0.692. The summed E-state index contributed by atoms with van der Waals surface area (Å²) in [5.74, 6) is 0.817. The fourth-order valence-corrected chi connectivity index (χ4v) is 2.06. The third kappa shape index (κ3) is 4.07. The second-order valence-corrected chi connectivity index (χ2v) is 4.19. The second kappa shape index (κ2) is 5.58. The molecule has 0 saturated heterocycles. The van der Waals surface area contributed by atoms with Crippen LogP contribution in [-0.4, -0.2) is 44.8 Å². The van der Waals surface area contributed by atoms with Crippen molar-refractivity contribution in [1.82, 2.24) is 4.90 Å². The Morgan fingerprint density at radius 1 is 1.46 bits per heavy atom. The highest BCUT2D eigenvalue weighted by atomic mass is 16.5. The van der Waals surface area contributed by atoms with Crippen LogP contribution in [0.5, 0.6) is 0 Å². The average Bonchev–Trinajstić information content (AvgIpc) is 2.48. The van der Waals surface area contributed by atoms with Gasteiger partial charge in [-0.15, -0.1) is 0 Å². The van der Waals surface area contributed by atoms with Gasteiger partial charge in [0.1, 0.15) is 0 Å². The SMILES string of the molecule is COCCN(C)CC1CCC(N)C1. The van der Waals surface area contributed by atoms with E-state index in [1.807, 2.05) is 0 Å². The molecular weight excluding hydrogens is 164 g/mol. The first-order valence-corrected chi connectivity index (χ1v) is 5.15. The molecule has 0 amide bonds. The summed E-state index contributed by atoms with van der Waals surface area (Å²) >= 11 is 0. The summed E-state index contributed by atoms with van der Waals surface area (Å²) in [6.07, 6.45) is 3.72. The first-order chi connectivity index (χ1) is 6.22. The van der Waals surface area contributed by atoms with E-state index in [4.69, 9.17) is 10.5 Å². The van der Waals surface area contributed by atoms with Crippen LogP contribution in [0.2, 0.25) is 0 Å². The van der Waals surface area contributed by atoms with Gasteiger partial charge in [-0.05, 0) is 32.2 Å². The van der Waals surface area contributed by atoms with Gasteiger partial charge in [-0.3, -0.25) is 0 Å². The molecule has 0 bridgehead atoms. The largest absolute Gasteiger partial charge is 0.383 e. The number of likely N-dealkylation sites (N-methyl/N-ethyl adjacent to an activating group) is 1. The minimum atomic E-state index is 0.459. The third-order valence-electron chi connectivity index (χ3n) is 2.83. The second-order valence-electron chi connectivity index (χ2n) is 4.19. The molecule has 1 saturated carbocycles. The van der Waals surface area contributed by atoms with Gasteiger partial charge in [0.15, 0.2) is 0 Å². The predicted molar refractivity (Wildman–Crippen MR) is 54.7 cm³/mol. The van der Waals surface area contributed by atoms with Crippen LogP contribution in [0.4, 0.5) is 0 Å². The van der Waals surface area contributed by atoms with E-state index in [2.05, 4.69) is 11.9 Å². The quantitative estimate of drug-likeness (QED) is 0.686. The zero-order valence-corrected chi connectivity index (χ0v) is 8.83. The molecule has 78 valence electrons. The van der Waals surface area contributed by atoms with Gasteiger partial charge in [0, 0.05) is 26.2 Å². The minimum Gasteiger partial charge on any atom is -0.383 e. The van der Waals surface area contributed by atoms with Gasteiger partial charge in [-0.25, -0.2) is 0 Å². The smallest absolute Gasteiger partial charge is 0.0589 e. The summed E-state index contributed by atoms with van der Waals surface area (Å²) in [5, 5.41) is 0. The lowest BCUT2D eigenvalue weighted by molar-refractivity contribution is 0.152. The normalized spacial score (nSPS) is 28.6. The average molecular weight is 186 g/mol. The maximum absolute atomic E-state index is 5.86. The van der Waals surface area contributed by atoms with E-state index in [0.29, 0.717) is 6.04 Å². The Hall–Kier alpha value is -0.120. The molecule has 1 aliphatic rings. The highest BCUT2D eigenvalue weighted by Gasteiger charge is 2.22. The van der Waals surface area contributed by atoms with Crippen LogP contribution in [0.3, 0.4) is 0 Å². The lowest BCUT2D eigenvalue weighted by Gasteiger charge is -2.20. The number of nitrogens with two attached hydrogens (primary N) is 1. The van der Waals surface area contributed by atoms with Crippen LogP contribution in [-0.2, 0) is 4.74 Å². The van der Waals surface area contributed by atoms with Crippen molar-refractivity contribution in [2.45, 2.75) is 25.3 Å². The van der Waals surface area contributed by atoms with E-state index >= 15 is 0 Å². The Morgan fingerprint density at radius 2 is 2.23 bits per heavy atom. The molecule has 0 aromatic heterocycles. The van der Waals surface area contributed by atoms with E-state index in [0.717, 1.165) is 19.1 Å². The summed E-state index contributed by atoms with van der Waals surface area (Å²) in [6.45, 7) is 3.04. The topological polar surface area (TPSA) is 38.5 Å². The Labute approximate surface area is 81.2 Å². The van der Waals surface area contributed by atoms with E-state index in [9.17, 15) is 0 Å². The molecule has 13 heavy (non-hydrogen) atoms. The van der Waals surface area contributed by atoms with Crippen LogP contribution in [0, 0.1) is 5.92 Å². The molecule has 1 aliphatic carbocycles. The summed E-state index contributed by atoms with van der Waals surface area (Å²) < 4.78 is 5.03. The first kappa shape index (κ1) is 11.0. The van der Waals surface area contributed by atoms with Crippen LogP contribution in [0.25, 0.3) is 0 Å². The highest BCUT2D eigenvalue weighted by Crippen LogP contribution is 2.24. The van der Waals surface area contributed by atoms with E-state index in [1.54, 1.807) is 7.11 Å². The van der Waals surface area contributed by atoms with Crippen molar-refractivity contribution < 1.29 is 4.74 Å². The maximum atomic E-state index is 5.86. The van der Waals surface area contributed by atoms with Gasteiger partial charge in [0.25, 0.3) is 0 Å². The monoisotopic (exact) mass is 186 g/mol. The van der Waals surface area contributed by atoms with Crippen LogP contribution in [0.15, 0.2) is 0 Å². The third-order valence-corrected chi connectivity index (χ3v) is 2.83. The van der Waals surface area contributed by atoms with E-state index < -0.39 is 0 Å². The van der Waals surface area contributed by atoms with Crippen molar-refractivity contribution in [1.29, 1.82) is 0 Å². The summed E-state index contributed by atoms with van der Waals surface area (Å²) in [5.41, 5.74) is 5.86. The molecule has 1 fully saturated rings. The Balaban J connectivity index is 2.09. The van der Waals surface area contributed by atoms with Crippen molar-refractivity contribution in [2.24, 2.45) is 11.7 Å². The van der Waals surface area contributed by atoms with Gasteiger partial charge < -0.3 is 15.4 Å². The van der Waals surface area contributed by atoms with Gasteiger partial charge >= 0.3 is 0 Å². The Morgan fingerprint density at radius 3 is 2.77 bits per heavy atom. The summed E-state index contributed by atoms with van der Waals surface area (Å²) in [7, 11) is 3.90. The van der Waals surface area contributed by atoms with Crippen LogP contribution in [0.1, 0.15) is 19.3 Å². The first-order valence-electron chi connectivity index (χ1n) is 5.15. The number of ether oxygens (including phenoxy) is 1. The molecule has 3 nitrogen and oxygen atoms in total. The van der Waals surface area contributed by atoms with Crippen molar-refractivity contribution >= 4 is 0 Å². The number of nitrogens with zero attached hydrogens (tertiary/aromatic N) is 1. The van der Waals surface area contributed by atoms with Gasteiger partial charge in [0.05, 0.1) is 6.61 Å². The van der Waals surface area contributed by atoms with E-state index in [1.165, 1.54) is 25.8 Å². The molecule has 2 N–H and O–H groups in total. The lowest BCUT2D eigenvalue weighted by Crippen LogP contribution is -2.28. The van der Waals surface area contributed by atoms with Crippen LogP contribution < -0.4 is 5.73 Å². The number of rotatable bonds is 5. The maximum Gasteiger partial charge on any atom is 0.0589 e. The molecule has 0 heterocycles. The zero-order chi connectivity index (χ0) is 9.68. The van der Waals surface area contributed by atoms with Crippen molar-refractivity contribution in [3.05, 3.63) is 0 Å². The van der Waals surface area contributed by atoms with Crippen molar-refractivity contribution in [3.63, 3.8) is 0 Å². The van der Waals surface area contributed by atoms with Gasteiger partial charge in [-0.1, -0.05) is 0 Å². The molecule has 0 aliphatic heterocycles. The highest BCUT2D eigenvalue weighted by molar-refractivity contribution is 4.79. The standard InChI is InChI=1S/C10H22N2O/c1-12(5-6-13-2)8-9-3-4-10(11)7-9/h9-10H,3-8,11H2,1-2H3. The Bertz CT molecular complexity index is 141. The van der Waals surface area contributed by atoms with Gasteiger partial charge in [-0.2, -0.15) is 0 Å². The summed E-state index contributed by atoms with van der Waals surface area (Å²) in [4.78, 5) is 2.34. The molecule has 2 unspecified atom stereocenters. The number of hydrogen-bond acceptors (Lipinski definition) is 3. The molecule has 3 heteroatoms. The molecular formula is C10H22N2O. The minimum absolute atomic E-state index is 0.459. The summed E-state index contributed by atoms with van der Waals surface area (Å²) in [6, 6.07) is 0.459. The van der Waals surface area contributed by atoms with Crippen molar-refractivity contribution in [2.75, 3.05) is 33.9 Å². The Kier molecular flexibility index (Phi) is 4.70. The molecule has 0 spiro atoms. The molecule has 0 aromatic rings. The molecule has 2 atom stereocenters. The lowest BCUT2D eigenvalue weighted by atomic mass is 10.1. The molecule has 0 radical (unpaired) electrons. The number of methoxy groups -OCH3 is 1. The van der Waals surface area contributed by atoms with E-state index in [-0.39, 0.29) is 0 Å².